The fourth-order valence-electron chi connectivity index (χ4n) is 3.78. The Bertz CT molecular complexity index is 750. The number of piperidine rings is 1. The summed E-state index contributed by atoms with van der Waals surface area (Å²) in [6, 6.07) is 1.82. The van der Waals surface area contributed by atoms with Crippen LogP contribution in [0.1, 0.15) is 36.9 Å². The first-order valence-electron chi connectivity index (χ1n) is 8.90. The van der Waals surface area contributed by atoms with Crippen LogP contribution < -0.4 is 10.5 Å². The zero-order valence-corrected chi connectivity index (χ0v) is 13.9. The standard InChI is InChI=1S/C18H23N5O/c24-18-11-15-3-1-2-4-16(15)21-23(18)13-14-5-9-22(10-6-14)17-12-19-7-8-20-17/h7-8,11-12,14H,1-6,9-10,13H2. The normalized spacial score (nSPS) is 18.4. The second-order valence-electron chi connectivity index (χ2n) is 6.84. The number of fused-ring (bicyclic) bond motifs is 1. The van der Waals surface area contributed by atoms with Crippen LogP contribution in [0.25, 0.3) is 0 Å². The lowest BCUT2D eigenvalue weighted by Gasteiger charge is -2.32. The van der Waals surface area contributed by atoms with Gasteiger partial charge >= 0.3 is 0 Å². The Morgan fingerprint density at radius 3 is 2.75 bits per heavy atom. The summed E-state index contributed by atoms with van der Waals surface area (Å²) in [5.41, 5.74) is 2.37. The molecular formula is C18H23N5O. The average Bonchev–Trinajstić information content (AvgIpc) is 2.64. The number of hydrogen-bond acceptors (Lipinski definition) is 5. The highest BCUT2D eigenvalue weighted by atomic mass is 16.1. The maximum absolute atomic E-state index is 12.3. The van der Waals surface area contributed by atoms with Gasteiger partial charge in [-0.2, -0.15) is 5.10 Å². The van der Waals surface area contributed by atoms with E-state index in [2.05, 4.69) is 20.0 Å². The van der Waals surface area contributed by atoms with Crippen molar-refractivity contribution in [2.24, 2.45) is 5.92 Å². The number of aryl methyl sites for hydroxylation is 2. The van der Waals surface area contributed by atoms with Gasteiger partial charge in [0.25, 0.3) is 5.56 Å². The molecule has 1 saturated heterocycles. The molecule has 0 spiro atoms. The van der Waals surface area contributed by atoms with Crippen LogP contribution in [0.2, 0.25) is 0 Å². The van der Waals surface area contributed by atoms with Crippen molar-refractivity contribution >= 4 is 5.82 Å². The molecule has 2 aliphatic rings. The van der Waals surface area contributed by atoms with Gasteiger partial charge in [-0.3, -0.25) is 9.78 Å². The quantitative estimate of drug-likeness (QED) is 0.861. The summed E-state index contributed by atoms with van der Waals surface area (Å²) in [5, 5.41) is 4.65. The van der Waals surface area contributed by atoms with Crippen LogP contribution in [-0.2, 0) is 19.4 Å². The lowest BCUT2D eigenvalue weighted by atomic mass is 9.96. The molecule has 4 rings (SSSR count). The molecule has 2 aromatic heterocycles. The lowest BCUT2D eigenvalue weighted by molar-refractivity contribution is 0.331. The van der Waals surface area contributed by atoms with E-state index in [4.69, 9.17) is 0 Å². The van der Waals surface area contributed by atoms with Gasteiger partial charge in [0.1, 0.15) is 5.82 Å². The third-order valence-electron chi connectivity index (χ3n) is 5.19. The third kappa shape index (κ3) is 3.18. The van der Waals surface area contributed by atoms with E-state index in [0.717, 1.165) is 56.8 Å². The molecule has 0 atom stereocenters. The van der Waals surface area contributed by atoms with E-state index >= 15 is 0 Å². The fourth-order valence-corrected chi connectivity index (χ4v) is 3.78. The van der Waals surface area contributed by atoms with Gasteiger partial charge < -0.3 is 4.90 Å². The van der Waals surface area contributed by atoms with E-state index < -0.39 is 0 Å². The van der Waals surface area contributed by atoms with Crippen molar-refractivity contribution in [3.05, 3.63) is 46.3 Å². The Hall–Kier alpha value is -2.24. The molecule has 0 bridgehead atoms. The molecule has 0 unspecified atom stereocenters. The van der Waals surface area contributed by atoms with Crippen LogP contribution in [0, 0.1) is 5.92 Å². The molecule has 0 amide bonds. The van der Waals surface area contributed by atoms with E-state index in [1.54, 1.807) is 17.1 Å². The summed E-state index contributed by atoms with van der Waals surface area (Å²) < 4.78 is 1.70. The molecular weight excluding hydrogens is 302 g/mol. The van der Waals surface area contributed by atoms with Gasteiger partial charge in [-0.15, -0.1) is 0 Å². The first kappa shape index (κ1) is 15.3. The highest BCUT2D eigenvalue weighted by molar-refractivity contribution is 5.35. The number of hydrogen-bond donors (Lipinski definition) is 0. The van der Waals surface area contributed by atoms with Crippen LogP contribution in [-0.4, -0.2) is 32.8 Å². The third-order valence-corrected chi connectivity index (χ3v) is 5.19. The fraction of sp³-hybridized carbons (Fsp3) is 0.556. The summed E-state index contributed by atoms with van der Waals surface area (Å²) in [6.07, 6.45) is 11.8. The summed E-state index contributed by atoms with van der Waals surface area (Å²) in [6.45, 7) is 2.66. The zero-order chi connectivity index (χ0) is 16.4. The average molecular weight is 325 g/mol. The maximum atomic E-state index is 12.3. The number of anilines is 1. The second-order valence-corrected chi connectivity index (χ2v) is 6.84. The molecule has 24 heavy (non-hydrogen) atoms. The molecule has 1 aliphatic heterocycles. The predicted octanol–water partition coefficient (Wildman–Crippen LogP) is 1.83. The minimum Gasteiger partial charge on any atom is -0.355 e. The van der Waals surface area contributed by atoms with E-state index in [0.29, 0.717) is 5.92 Å². The Labute approximate surface area is 141 Å². The number of aromatic nitrogens is 4. The predicted molar refractivity (Wildman–Crippen MR) is 92.1 cm³/mol. The first-order chi connectivity index (χ1) is 11.8. The Morgan fingerprint density at radius 1 is 1.12 bits per heavy atom. The molecule has 6 nitrogen and oxygen atoms in total. The van der Waals surface area contributed by atoms with Gasteiger partial charge in [-0.05, 0) is 50.0 Å². The summed E-state index contributed by atoms with van der Waals surface area (Å²) in [5.74, 6) is 1.45. The first-order valence-corrected chi connectivity index (χ1v) is 8.90. The van der Waals surface area contributed by atoms with Crippen LogP contribution >= 0.6 is 0 Å². The molecule has 0 aromatic carbocycles. The van der Waals surface area contributed by atoms with Gasteiger partial charge in [0, 0.05) is 38.1 Å². The van der Waals surface area contributed by atoms with Crippen molar-refractivity contribution in [1.29, 1.82) is 0 Å². The molecule has 2 aromatic rings. The molecule has 126 valence electrons. The summed E-state index contributed by atoms with van der Waals surface area (Å²) in [7, 11) is 0. The van der Waals surface area contributed by atoms with Crippen molar-refractivity contribution in [3.63, 3.8) is 0 Å². The minimum atomic E-state index is 0.0620. The van der Waals surface area contributed by atoms with Crippen molar-refractivity contribution in [2.75, 3.05) is 18.0 Å². The highest BCUT2D eigenvalue weighted by Gasteiger charge is 2.22. The topological polar surface area (TPSA) is 63.9 Å². The van der Waals surface area contributed by atoms with Gasteiger partial charge in [0.15, 0.2) is 0 Å². The number of rotatable bonds is 3. The smallest absolute Gasteiger partial charge is 0.267 e. The van der Waals surface area contributed by atoms with E-state index in [-0.39, 0.29) is 5.56 Å². The maximum Gasteiger partial charge on any atom is 0.267 e. The lowest BCUT2D eigenvalue weighted by Crippen LogP contribution is -2.37. The van der Waals surface area contributed by atoms with Gasteiger partial charge in [-0.25, -0.2) is 9.67 Å². The minimum absolute atomic E-state index is 0.0620. The number of nitrogens with zero attached hydrogens (tertiary/aromatic N) is 5. The summed E-state index contributed by atoms with van der Waals surface area (Å²) in [4.78, 5) is 23.1. The van der Waals surface area contributed by atoms with Gasteiger partial charge in [0.05, 0.1) is 11.9 Å². The summed E-state index contributed by atoms with van der Waals surface area (Å²) >= 11 is 0. The second kappa shape index (κ2) is 6.71. The van der Waals surface area contributed by atoms with Gasteiger partial charge in [0.2, 0.25) is 0 Å². The van der Waals surface area contributed by atoms with Crippen LogP contribution in [0.3, 0.4) is 0 Å². The monoisotopic (exact) mass is 325 g/mol. The highest BCUT2D eigenvalue weighted by Crippen LogP contribution is 2.22. The molecule has 0 N–H and O–H groups in total. The van der Waals surface area contributed by atoms with Gasteiger partial charge in [-0.1, -0.05) is 0 Å². The zero-order valence-electron chi connectivity index (χ0n) is 13.9. The van der Waals surface area contributed by atoms with Crippen LogP contribution in [0.5, 0.6) is 0 Å². The van der Waals surface area contributed by atoms with Crippen LogP contribution in [0.4, 0.5) is 5.82 Å². The van der Waals surface area contributed by atoms with Crippen molar-refractivity contribution in [3.8, 4) is 0 Å². The molecule has 0 radical (unpaired) electrons. The molecule has 1 fully saturated rings. The van der Waals surface area contributed by atoms with Crippen LogP contribution in [0.15, 0.2) is 29.5 Å². The van der Waals surface area contributed by atoms with Crippen molar-refractivity contribution in [2.45, 2.75) is 45.1 Å². The Morgan fingerprint density at radius 2 is 1.96 bits per heavy atom. The van der Waals surface area contributed by atoms with Crippen molar-refractivity contribution in [1.82, 2.24) is 19.7 Å². The Kier molecular flexibility index (Phi) is 4.28. The van der Waals surface area contributed by atoms with E-state index in [1.807, 2.05) is 12.3 Å². The molecule has 0 saturated carbocycles. The van der Waals surface area contributed by atoms with E-state index in [9.17, 15) is 4.79 Å². The molecule has 1 aliphatic carbocycles. The van der Waals surface area contributed by atoms with E-state index in [1.165, 1.54) is 18.4 Å². The van der Waals surface area contributed by atoms with Crippen molar-refractivity contribution < 1.29 is 0 Å². The largest absolute Gasteiger partial charge is 0.355 e. The Balaban J connectivity index is 1.41. The molecule has 3 heterocycles. The SMILES string of the molecule is O=c1cc2c(nn1CC1CCN(c3cnccn3)CC1)CCCC2. The molecule has 6 heteroatoms.